The molecule has 3 nitrogen and oxygen atoms in total. The average Bonchev–Trinajstić information content (AvgIpc) is 3.08. The van der Waals surface area contributed by atoms with Gasteiger partial charge in [0.1, 0.15) is 5.75 Å². The van der Waals surface area contributed by atoms with Crippen molar-refractivity contribution in [3.63, 3.8) is 0 Å². The Labute approximate surface area is 134 Å². The quantitative estimate of drug-likeness (QED) is 0.924. The molecule has 0 spiro atoms. The molecule has 3 rings (SSSR count). The van der Waals surface area contributed by atoms with Gasteiger partial charge < -0.3 is 10.1 Å². The highest BCUT2D eigenvalue weighted by molar-refractivity contribution is 5.85. The molecule has 118 valence electrons. The number of hydrogen-bond donors (Lipinski definition) is 1. The smallest absolute Gasteiger partial charge is 0.123 e. The van der Waals surface area contributed by atoms with Crippen LogP contribution in [0.25, 0.3) is 0 Å². The Morgan fingerprint density at radius 2 is 2.19 bits per heavy atom. The monoisotopic (exact) mass is 310 g/mol. The molecule has 0 bridgehead atoms. The summed E-state index contributed by atoms with van der Waals surface area (Å²) in [6.07, 6.45) is 3.85. The number of para-hydroxylation sites is 1. The Morgan fingerprint density at radius 1 is 1.38 bits per heavy atom. The third-order valence-corrected chi connectivity index (χ3v) is 4.90. The summed E-state index contributed by atoms with van der Waals surface area (Å²) in [6.45, 7) is 7.16. The lowest BCUT2D eigenvalue weighted by Crippen LogP contribution is -2.37. The largest absolute Gasteiger partial charge is 0.496 e. The molecule has 1 N–H and O–H groups in total. The second-order valence-electron chi connectivity index (χ2n) is 6.61. The van der Waals surface area contributed by atoms with Gasteiger partial charge in [-0.05, 0) is 43.8 Å². The Hall–Kier alpha value is -0.770. The van der Waals surface area contributed by atoms with Crippen LogP contribution in [0.4, 0.5) is 0 Å². The zero-order valence-electron chi connectivity index (χ0n) is 13.1. The highest BCUT2D eigenvalue weighted by Gasteiger charge is 2.36. The van der Waals surface area contributed by atoms with E-state index in [1.165, 1.54) is 44.5 Å². The molecule has 2 heterocycles. The molecule has 0 aromatic heterocycles. The van der Waals surface area contributed by atoms with Gasteiger partial charge in [-0.15, -0.1) is 12.4 Å². The SMILES string of the molecule is COc1ccccc1C1CCCN1CC1(C)CCNC1.Cl. The van der Waals surface area contributed by atoms with E-state index in [2.05, 4.69) is 41.4 Å². The zero-order chi connectivity index (χ0) is 14.0. The highest BCUT2D eigenvalue weighted by atomic mass is 35.5. The molecule has 21 heavy (non-hydrogen) atoms. The summed E-state index contributed by atoms with van der Waals surface area (Å²) >= 11 is 0. The van der Waals surface area contributed by atoms with E-state index in [-0.39, 0.29) is 12.4 Å². The number of nitrogens with one attached hydrogen (secondary N) is 1. The van der Waals surface area contributed by atoms with Crippen LogP contribution in [0, 0.1) is 5.41 Å². The maximum Gasteiger partial charge on any atom is 0.123 e. The first kappa shape index (κ1) is 16.6. The summed E-state index contributed by atoms with van der Waals surface area (Å²) in [5, 5.41) is 3.51. The molecule has 0 aliphatic carbocycles. The number of likely N-dealkylation sites (tertiary alicyclic amines) is 1. The number of halogens is 1. The number of ether oxygens (including phenoxy) is 1. The van der Waals surface area contributed by atoms with Crippen LogP contribution in [0.2, 0.25) is 0 Å². The van der Waals surface area contributed by atoms with Crippen molar-refractivity contribution in [2.45, 2.75) is 32.2 Å². The van der Waals surface area contributed by atoms with Gasteiger partial charge in [0.05, 0.1) is 7.11 Å². The van der Waals surface area contributed by atoms with E-state index in [4.69, 9.17) is 4.74 Å². The topological polar surface area (TPSA) is 24.5 Å². The minimum Gasteiger partial charge on any atom is -0.496 e. The van der Waals surface area contributed by atoms with E-state index in [1.54, 1.807) is 7.11 Å². The molecular formula is C17H27ClN2O. The van der Waals surface area contributed by atoms with E-state index >= 15 is 0 Å². The van der Waals surface area contributed by atoms with Gasteiger partial charge in [0.2, 0.25) is 0 Å². The van der Waals surface area contributed by atoms with Crippen molar-refractivity contribution in [1.29, 1.82) is 0 Å². The third-order valence-electron chi connectivity index (χ3n) is 4.90. The molecule has 4 heteroatoms. The van der Waals surface area contributed by atoms with Gasteiger partial charge >= 0.3 is 0 Å². The predicted octanol–water partition coefficient (Wildman–Crippen LogP) is 3.25. The number of nitrogens with zero attached hydrogens (tertiary/aromatic N) is 1. The van der Waals surface area contributed by atoms with Gasteiger partial charge in [0.15, 0.2) is 0 Å². The van der Waals surface area contributed by atoms with E-state index in [1.807, 2.05) is 0 Å². The van der Waals surface area contributed by atoms with E-state index < -0.39 is 0 Å². The summed E-state index contributed by atoms with van der Waals surface area (Å²) in [4.78, 5) is 2.67. The van der Waals surface area contributed by atoms with Gasteiger partial charge in [-0.1, -0.05) is 25.1 Å². The van der Waals surface area contributed by atoms with E-state index in [0.717, 1.165) is 12.3 Å². The van der Waals surface area contributed by atoms with Crippen molar-refractivity contribution >= 4 is 12.4 Å². The standard InChI is InChI=1S/C17H26N2O.ClH/c1-17(9-10-18-12-17)13-19-11-5-7-15(19)14-6-3-4-8-16(14)20-2;/h3-4,6,8,15,18H,5,7,9-13H2,1-2H3;1H. The zero-order valence-corrected chi connectivity index (χ0v) is 13.9. The molecule has 0 radical (unpaired) electrons. The van der Waals surface area contributed by atoms with Gasteiger partial charge in [0, 0.05) is 24.7 Å². The van der Waals surface area contributed by atoms with Crippen molar-refractivity contribution < 1.29 is 4.74 Å². The van der Waals surface area contributed by atoms with Gasteiger partial charge in [0.25, 0.3) is 0 Å². The molecule has 2 fully saturated rings. The normalized spacial score (nSPS) is 29.3. The van der Waals surface area contributed by atoms with Crippen LogP contribution in [-0.2, 0) is 0 Å². The first-order chi connectivity index (χ1) is 9.72. The van der Waals surface area contributed by atoms with Crippen LogP contribution < -0.4 is 10.1 Å². The Balaban J connectivity index is 0.00000161. The lowest BCUT2D eigenvalue weighted by atomic mass is 9.88. The van der Waals surface area contributed by atoms with Crippen molar-refractivity contribution in [2.75, 3.05) is 33.3 Å². The van der Waals surface area contributed by atoms with Crippen molar-refractivity contribution in [3.8, 4) is 5.75 Å². The first-order valence-electron chi connectivity index (χ1n) is 7.80. The summed E-state index contributed by atoms with van der Waals surface area (Å²) in [7, 11) is 1.78. The lowest BCUT2D eigenvalue weighted by Gasteiger charge is -2.33. The minimum absolute atomic E-state index is 0. The summed E-state index contributed by atoms with van der Waals surface area (Å²) < 4.78 is 5.56. The molecule has 2 aliphatic heterocycles. The molecule has 2 atom stereocenters. The van der Waals surface area contributed by atoms with Crippen LogP contribution in [-0.4, -0.2) is 38.2 Å². The summed E-state index contributed by atoms with van der Waals surface area (Å²) in [5.74, 6) is 1.04. The van der Waals surface area contributed by atoms with Gasteiger partial charge in [-0.25, -0.2) is 0 Å². The van der Waals surface area contributed by atoms with Crippen LogP contribution in [0.15, 0.2) is 24.3 Å². The van der Waals surface area contributed by atoms with Crippen LogP contribution in [0.3, 0.4) is 0 Å². The van der Waals surface area contributed by atoms with Crippen molar-refractivity contribution in [3.05, 3.63) is 29.8 Å². The van der Waals surface area contributed by atoms with Gasteiger partial charge in [-0.2, -0.15) is 0 Å². The van der Waals surface area contributed by atoms with E-state index in [0.29, 0.717) is 11.5 Å². The number of methoxy groups -OCH3 is 1. The maximum atomic E-state index is 5.56. The Bertz CT molecular complexity index is 460. The molecule has 0 saturated carbocycles. The van der Waals surface area contributed by atoms with Crippen molar-refractivity contribution in [1.82, 2.24) is 10.2 Å². The van der Waals surface area contributed by atoms with Crippen LogP contribution >= 0.6 is 12.4 Å². The Morgan fingerprint density at radius 3 is 2.90 bits per heavy atom. The molecule has 1 aromatic rings. The predicted molar refractivity (Wildman–Crippen MR) is 89.4 cm³/mol. The second-order valence-corrected chi connectivity index (χ2v) is 6.61. The molecular weight excluding hydrogens is 284 g/mol. The highest BCUT2D eigenvalue weighted by Crippen LogP contribution is 2.39. The second kappa shape index (κ2) is 6.99. The number of hydrogen-bond acceptors (Lipinski definition) is 3. The number of benzene rings is 1. The molecule has 2 aliphatic rings. The molecule has 1 aromatic carbocycles. The van der Waals surface area contributed by atoms with Gasteiger partial charge in [-0.3, -0.25) is 4.90 Å². The van der Waals surface area contributed by atoms with Crippen LogP contribution in [0.1, 0.15) is 37.8 Å². The van der Waals surface area contributed by atoms with Crippen molar-refractivity contribution in [2.24, 2.45) is 5.41 Å². The fourth-order valence-corrected chi connectivity index (χ4v) is 3.80. The lowest BCUT2D eigenvalue weighted by molar-refractivity contribution is 0.163. The molecule has 2 saturated heterocycles. The van der Waals surface area contributed by atoms with Crippen LogP contribution in [0.5, 0.6) is 5.75 Å². The third kappa shape index (κ3) is 3.53. The fraction of sp³-hybridized carbons (Fsp3) is 0.647. The summed E-state index contributed by atoms with van der Waals surface area (Å²) in [5.41, 5.74) is 1.80. The Kier molecular flexibility index (Phi) is 5.53. The van der Waals surface area contributed by atoms with E-state index in [9.17, 15) is 0 Å². The fourth-order valence-electron chi connectivity index (χ4n) is 3.80. The number of rotatable bonds is 4. The summed E-state index contributed by atoms with van der Waals surface area (Å²) in [6, 6.07) is 9.04. The molecule has 0 amide bonds. The molecule has 2 unspecified atom stereocenters. The average molecular weight is 311 g/mol. The maximum absolute atomic E-state index is 5.56. The minimum atomic E-state index is 0. The first-order valence-corrected chi connectivity index (χ1v) is 7.80.